The van der Waals surface area contributed by atoms with Gasteiger partial charge in [-0.25, -0.2) is 4.98 Å². The average molecular weight is 386 g/mol. The lowest BCUT2D eigenvalue weighted by atomic mass is 10.1. The number of nitrogens with one attached hydrogen (secondary N) is 1. The first kappa shape index (κ1) is 18.8. The summed E-state index contributed by atoms with van der Waals surface area (Å²) in [5, 5.41) is 22.6. The van der Waals surface area contributed by atoms with Gasteiger partial charge in [0, 0.05) is 17.5 Å². The summed E-state index contributed by atoms with van der Waals surface area (Å²) in [6, 6.07) is 4.96. The summed E-state index contributed by atoms with van der Waals surface area (Å²) in [4.78, 5) is 27.4. The zero-order chi connectivity index (χ0) is 19.7. The molecule has 0 aliphatic carbocycles. The zero-order valence-corrected chi connectivity index (χ0v) is 16.1. The van der Waals surface area contributed by atoms with Crippen LogP contribution in [0.2, 0.25) is 0 Å². The molecule has 3 aromatic rings. The highest BCUT2D eigenvalue weighted by Crippen LogP contribution is 2.30. The Morgan fingerprint density at radius 1 is 1.26 bits per heavy atom. The number of aromatic nitrogens is 4. The van der Waals surface area contributed by atoms with E-state index < -0.39 is 4.92 Å². The summed E-state index contributed by atoms with van der Waals surface area (Å²) in [5.74, 6) is 0.158. The van der Waals surface area contributed by atoms with E-state index in [1.807, 2.05) is 26.8 Å². The van der Waals surface area contributed by atoms with E-state index in [9.17, 15) is 14.9 Å². The number of rotatable bonds is 5. The lowest BCUT2D eigenvalue weighted by molar-refractivity contribution is -0.384. The molecule has 1 aromatic carbocycles. The lowest BCUT2D eigenvalue weighted by Crippen LogP contribution is -2.16. The van der Waals surface area contributed by atoms with Crippen molar-refractivity contribution in [3.8, 4) is 0 Å². The van der Waals surface area contributed by atoms with Crippen molar-refractivity contribution in [2.75, 3.05) is 11.1 Å². The number of anilines is 1. The number of amides is 1. The van der Waals surface area contributed by atoms with Gasteiger partial charge in [-0.15, -0.1) is 10.2 Å². The van der Waals surface area contributed by atoms with Crippen LogP contribution in [-0.2, 0) is 4.79 Å². The third kappa shape index (κ3) is 3.75. The lowest BCUT2D eigenvalue weighted by Gasteiger charge is -2.11. The number of nitrogens with zero attached hydrogens (tertiary/aromatic N) is 5. The van der Waals surface area contributed by atoms with Crippen LogP contribution in [0, 0.1) is 37.8 Å². The van der Waals surface area contributed by atoms with Crippen molar-refractivity contribution < 1.29 is 9.72 Å². The molecule has 0 unspecified atom stereocenters. The smallest absolute Gasteiger partial charge is 0.293 e. The van der Waals surface area contributed by atoms with Crippen LogP contribution >= 0.6 is 11.8 Å². The van der Waals surface area contributed by atoms with E-state index in [-0.39, 0.29) is 23.0 Å². The molecule has 0 spiro atoms. The average Bonchev–Trinajstić information content (AvgIpc) is 3.00. The van der Waals surface area contributed by atoms with Gasteiger partial charge in [0.1, 0.15) is 5.69 Å². The predicted octanol–water partition coefficient (Wildman–Crippen LogP) is 3.00. The molecular weight excluding hydrogens is 368 g/mol. The van der Waals surface area contributed by atoms with Crippen molar-refractivity contribution in [1.82, 2.24) is 19.6 Å². The second kappa shape index (κ2) is 7.31. The Balaban J connectivity index is 1.79. The number of hydrogen-bond acceptors (Lipinski definition) is 7. The van der Waals surface area contributed by atoms with Crippen molar-refractivity contribution in [1.29, 1.82) is 0 Å². The van der Waals surface area contributed by atoms with E-state index in [0.29, 0.717) is 16.5 Å². The SMILES string of the molecule is Cc1cc(C)n2c(SCC(=O)Nc3c([N+](=O)[O-])ccc(C)c3C)nnc2n1. The minimum Gasteiger partial charge on any atom is -0.319 e. The second-order valence-electron chi connectivity index (χ2n) is 6.15. The van der Waals surface area contributed by atoms with E-state index in [1.165, 1.54) is 17.8 Å². The molecule has 0 saturated carbocycles. The number of benzene rings is 1. The summed E-state index contributed by atoms with van der Waals surface area (Å²) in [5.41, 5.74) is 3.39. The van der Waals surface area contributed by atoms with Gasteiger partial charge in [-0.3, -0.25) is 19.3 Å². The van der Waals surface area contributed by atoms with Crippen molar-refractivity contribution >= 4 is 34.8 Å². The molecule has 140 valence electrons. The van der Waals surface area contributed by atoms with Crippen LogP contribution in [-0.4, -0.2) is 36.2 Å². The van der Waals surface area contributed by atoms with Gasteiger partial charge in [0.2, 0.25) is 5.91 Å². The normalized spacial score (nSPS) is 11.0. The summed E-state index contributed by atoms with van der Waals surface area (Å²) in [6.45, 7) is 7.37. The number of hydrogen-bond donors (Lipinski definition) is 1. The third-order valence-electron chi connectivity index (χ3n) is 4.17. The number of carbonyl (C=O) groups excluding carboxylic acids is 1. The van der Waals surface area contributed by atoms with Gasteiger partial charge in [0.05, 0.1) is 10.7 Å². The van der Waals surface area contributed by atoms with Crippen LogP contribution < -0.4 is 5.32 Å². The highest BCUT2D eigenvalue weighted by molar-refractivity contribution is 7.99. The number of fused-ring (bicyclic) bond motifs is 1. The second-order valence-corrected chi connectivity index (χ2v) is 7.09. The van der Waals surface area contributed by atoms with Crippen molar-refractivity contribution in [3.05, 3.63) is 50.8 Å². The first-order valence-corrected chi connectivity index (χ1v) is 9.13. The van der Waals surface area contributed by atoms with Crippen molar-refractivity contribution in [3.63, 3.8) is 0 Å². The van der Waals surface area contributed by atoms with E-state index in [4.69, 9.17) is 0 Å². The van der Waals surface area contributed by atoms with Crippen LogP contribution in [0.1, 0.15) is 22.5 Å². The van der Waals surface area contributed by atoms with Crippen LogP contribution in [0.15, 0.2) is 23.4 Å². The summed E-state index contributed by atoms with van der Waals surface area (Å²) in [6.07, 6.45) is 0. The fraction of sp³-hybridized carbons (Fsp3) is 0.294. The third-order valence-corrected chi connectivity index (χ3v) is 5.10. The van der Waals surface area contributed by atoms with Crippen molar-refractivity contribution in [2.45, 2.75) is 32.9 Å². The largest absolute Gasteiger partial charge is 0.319 e. The standard InChI is InChI=1S/C17H18N6O3S/c1-9-5-6-13(23(25)26)15(12(9)4)19-14(24)8-27-17-21-20-16-18-10(2)7-11(3)22(16)17/h5-7H,8H2,1-4H3,(H,19,24). The summed E-state index contributed by atoms with van der Waals surface area (Å²) < 4.78 is 1.77. The molecule has 10 heteroatoms. The predicted molar refractivity (Wildman–Crippen MR) is 102 cm³/mol. The molecule has 2 aromatic heterocycles. The van der Waals surface area contributed by atoms with Crippen LogP contribution in [0.3, 0.4) is 0 Å². The molecule has 0 aliphatic heterocycles. The van der Waals surface area contributed by atoms with Gasteiger partial charge in [0.15, 0.2) is 5.16 Å². The molecule has 0 saturated heterocycles. The molecule has 2 heterocycles. The van der Waals surface area contributed by atoms with E-state index >= 15 is 0 Å². The van der Waals surface area contributed by atoms with Gasteiger partial charge in [-0.05, 0) is 44.9 Å². The molecule has 0 fully saturated rings. The van der Waals surface area contributed by atoms with E-state index in [2.05, 4.69) is 20.5 Å². The van der Waals surface area contributed by atoms with E-state index in [1.54, 1.807) is 17.4 Å². The first-order valence-electron chi connectivity index (χ1n) is 8.14. The summed E-state index contributed by atoms with van der Waals surface area (Å²) >= 11 is 1.20. The van der Waals surface area contributed by atoms with Crippen LogP contribution in [0.4, 0.5) is 11.4 Å². The Labute approximate surface area is 159 Å². The molecule has 9 nitrogen and oxygen atoms in total. The van der Waals surface area contributed by atoms with E-state index in [0.717, 1.165) is 17.0 Å². The van der Waals surface area contributed by atoms with Gasteiger partial charge in [0.25, 0.3) is 11.5 Å². The number of carbonyl (C=O) groups is 1. The minimum absolute atomic E-state index is 0.0403. The van der Waals surface area contributed by atoms with Crippen molar-refractivity contribution in [2.24, 2.45) is 0 Å². The Kier molecular flexibility index (Phi) is 5.08. The number of thioether (sulfide) groups is 1. The molecule has 1 N–H and O–H groups in total. The topological polar surface area (TPSA) is 115 Å². The number of aryl methyl sites for hydroxylation is 3. The van der Waals surface area contributed by atoms with Gasteiger partial charge < -0.3 is 5.32 Å². The highest BCUT2D eigenvalue weighted by atomic mass is 32.2. The molecule has 3 rings (SSSR count). The quantitative estimate of drug-likeness (QED) is 0.407. The molecule has 0 aliphatic rings. The monoisotopic (exact) mass is 386 g/mol. The summed E-state index contributed by atoms with van der Waals surface area (Å²) in [7, 11) is 0. The molecule has 1 amide bonds. The molecule has 27 heavy (non-hydrogen) atoms. The van der Waals surface area contributed by atoms with Crippen LogP contribution in [0.25, 0.3) is 5.78 Å². The Morgan fingerprint density at radius 3 is 2.70 bits per heavy atom. The Morgan fingerprint density at radius 2 is 2.00 bits per heavy atom. The maximum absolute atomic E-state index is 12.4. The minimum atomic E-state index is -0.501. The Bertz CT molecular complexity index is 1060. The molecule has 0 radical (unpaired) electrons. The van der Waals surface area contributed by atoms with Gasteiger partial charge in [-0.1, -0.05) is 17.8 Å². The Hall–Kier alpha value is -3.01. The fourth-order valence-corrected chi connectivity index (χ4v) is 3.50. The number of nitro groups is 1. The van der Waals surface area contributed by atoms with Crippen LogP contribution in [0.5, 0.6) is 0 Å². The number of nitro benzene ring substituents is 1. The fourth-order valence-electron chi connectivity index (χ4n) is 2.71. The molecule has 0 bridgehead atoms. The maximum Gasteiger partial charge on any atom is 0.293 e. The molecule has 0 atom stereocenters. The zero-order valence-electron chi connectivity index (χ0n) is 15.3. The maximum atomic E-state index is 12.4. The van der Waals surface area contributed by atoms with Gasteiger partial charge >= 0.3 is 0 Å². The molecular formula is C17H18N6O3S. The first-order chi connectivity index (χ1) is 12.8. The highest BCUT2D eigenvalue weighted by Gasteiger charge is 2.20. The van der Waals surface area contributed by atoms with Gasteiger partial charge in [-0.2, -0.15) is 0 Å².